The van der Waals surface area contributed by atoms with Crippen molar-refractivity contribution >= 4 is 22.9 Å². The second kappa shape index (κ2) is 6.60. The minimum Gasteiger partial charge on any atom is -0.352 e. The van der Waals surface area contributed by atoms with Gasteiger partial charge in [0.2, 0.25) is 5.91 Å². The average molecular weight is 332 g/mol. The average Bonchev–Trinajstić information content (AvgIpc) is 2.84. The molecule has 0 saturated carbocycles. The van der Waals surface area contributed by atoms with E-state index in [1.807, 2.05) is 0 Å². The SMILES string of the molecule is C[C@@H](Cc1ccccc1C(F)(F)F)NC(=O)[C@@H]1CSC(=O)N1. The molecular weight excluding hydrogens is 317 g/mol. The van der Waals surface area contributed by atoms with Gasteiger partial charge in [0.05, 0.1) is 5.56 Å². The van der Waals surface area contributed by atoms with Crippen LogP contribution in [0, 0.1) is 0 Å². The topological polar surface area (TPSA) is 58.2 Å². The number of alkyl halides is 3. The molecule has 0 aliphatic carbocycles. The summed E-state index contributed by atoms with van der Waals surface area (Å²) in [5.74, 6) is -0.0494. The van der Waals surface area contributed by atoms with Crippen LogP contribution in [0.15, 0.2) is 24.3 Å². The van der Waals surface area contributed by atoms with E-state index >= 15 is 0 Å². The van der Waals surface area contributed by atoms with Crippen molar-refractivity contribution in [2.75, 3.05) is 5.75 Å². The number of rotatable bonds is 4. The fourth-order valence-corrected chi connectivity index (χ4v) is 3.00. The molecule has 1 aromatic rings. The zero-order valence-corrected chi connectivity index (χ0v) is 12.6. The van der Waals surface area contributed by atoms with Crippen LogP contribution in [0.4, 0.5) is 18.0 Å². The first kappa shape index (κ1) is 16.7. The molecule has 2 N–H and O–H groups in total. The fourth-order valence-electron chi connectivity index (χ4n) is 2.23. The molecule has 4 nitrogen and oxygen atoms in total. The van der Waals surface area contributed by atoms with E-state index in [0.29, 0.717) is 5.75 Å². The van der Waals surface area contributed by atoms with Crippen molar-refractivity contribution in [3.8, 4) is 0 Å². The van der Waals surface area contributed by atoms with Gasteiger partial charge < -0.3 is 10.6 Å². The zero-order valence-electron chi connectivity index (χ0n) is 11.7. The molecule has 2 rings (SSSR count). The van der Waals surface area contributed by atoms with E-state index < -0.39 is 23.8 Å². The number of amides is 2. The second-order valence-electron chi connectivity index (χ2n) is 5.06. The standard InChI is InChI=1S/C14H15F3N2O2S/c1-8(18-12(20)11-7-22-13(21)19-11)6-9-4-2-3-5-10(9)14(15,16)17/h2-5,8,11H,6-7H2,1H3,(H,18,20)(H,19,21)/t8-,11-/m0/s1. The van der Waals surface area contributed by atoms with Crippen LogP contribution in [0.2, 0.25) is 0 Å². The highest BCUT2D eigenvalue weighted by atomic mass is 32.2. The Balaban J connectivity index is 1.99. The quantitative estimate of drug-likeness (QED) is 0.891. The van der Waals surface area contributed by atoms with Gasteiger partial charge in [0.1, 0.15) is 6.04 Å². The van der Waals surface area contributed by atoms with Crippen LogP contribution in [-0.2, 0) is 17.4 Å². The summed E-state index contributed by atoms with van der Waals surface area (Å²) < 4.78 is 38.7. The van der Waals surface area contributed by atoms with Crippen LogP contribution < -0.4 is 10.6 Å². The van der Waals surface area contributed by atoms with Gasteiger partial charge in [0.25, 0.3) is 5.24 Å². The Morgan fingerprint density at radius 3 is 2.73 bits per heavy atom. The van der Waals surface area contributed by atoms with Crippen LogP contribution in [0.1, 0.15) is 18.1 Å². The molecule has 22 heavy (non-hydrogen) atoms. The summed E-state index contributed by atoms with van der Waals surface area (Å²) in [7, 11) is 0. The van der Waals surface area contributed by atoms with Crippen LogP contribution in [-0.4, -0.2) is 29.0 Å². The number of nitrogens with one attached hydrogen (secondary N) is 2. The predicted octanol–water partition coefficient (Wildman–Crippen LogP) is 2.58. The Hall–Kier alpha value is -1.70. The van der Waals surface area contributed by atoms with E-state index in [4.69, 9.17) is 0 Å². The van der Waals surface area contributed by atoms with E-state index in [-0.39, 0.29) is 23.1 Å². The van der Waals surface area contributed by atoms with Gasteiger partial charge in [-0.1, -0.05) is 30.0 Å². The first-order chi connectivity index (χ1) is 10.3. The van der Waals surface area contributed by atoms with Crippen molar-refractivity contribution in [2.24, 2.45) is 0 Å². The zero-order chi connectivity index (χ0) is 16.3. The molecule has 1 fully saturated rings. The first-order valence-electron chi connectivity index (χ1n) is 6.66. The maximum absolute atomic E-state index is 12.9. The molecule has 0 aromatic heterocycles. The summed E-state index contributed by atoms with van der Waals surface area (Å²) in [6.45, 7) is 1.63. The molecule has 0 unspecified atom stereocenters. The number of halogens is 3. The lowest BCUT2D eigenvalue weighted by molar-refractivity contribution is -0.138. The monoisotopic (exact) mass is 332 g/mol. The van der Waals surface area contributed by atoms with Crippen LogP contribution in [0.25, 0.3) is 0 Å². The van der Waals surface area contributed by atoms with Gasteiger partial charge in [-0.2, -0.15) is 13.2 Å². The largest absolute Gasteiger partial charge is 0.416 e. The van der Waals surface area contributed by atoms with Gasteiger partial charge >= 0.3 is 6.18 Å². The molecule has 1 heterocycles. The summed E-state index contributed by atoms with van der Waals surface area (Å²) >= 11 is 1.01. The van der Waals surface area contributed by atoms with Crippen LogP contribution in [0.5, 0.6) is 0 Å². The molecule has 0 spiro atoms. The van der Waals surface area contributed by atoms with E-state index in [9.17, 15) is 22.8 Å². The third-order valence-electron chi connectivity index (χ3n) is 3.23. The highest BCUT2D eigenvalue weighted by Gasteiger charge is 2.33. The first-order valence-corrected chi connectivity index (χ1v) is 7.64. The Labute approximate surface area is 129 Å². The van der Waals surface area contributed by atoms with Gasteiger partial charge in [-0.3, -0.25) is 9.59 Å². The third-order valence-corrected chi connectivity index (χ3v) is 4.11. The lowest BCUT2D eigenvalue weighted by Crippen LogP contribution is -2.46. The molecule has 1 aliphatic rings. The Morgan fingerprint density at radius 2 is 2.14 bits per heavy atom. The maximum atomic E-state index is 12.9. The van der Waals surface area contributed by atoms with Gasteiger partial charge in [-0.05, 0) is 25.0 Å². The number of hydrogen-bond acceptors (Lipinski definition) is 3. The van der Waals surface area contributed by atoms with E-state index in [2.05, 4.69) is 10.6 Å². The molecule has 1 aliphatic heterocycles. The Kier molecular flexibility index (Phi) is 5.00. The van der Waals surface area contributed by atoms with E-state index in [1.54, 1.807) is 6.92 Å². The van der Waals surface area contributed by atoms with Crippen molar-refractivity contribution in [1.82, 2.24) is 10.6 Å². The molecule has 0 bridgehead atoms. The minimum absolute atomic E-state index is 0.0647. The van der Waals surface area contributed by atoms with Crippen LogP contribution >= 0.6 is 11.8 Å². The van der Waals surface area contributed by atoms with Gasteiger partial charge in [0.15, 0.2) is 0 Å². The normalized spacial score (nSPS) is 19.6. The number of hydrogen-bond donors (Lipinski definition) is 2. The summed E-state index contributed by atoms with van der Waals surface area (Å²) in [5, 5.41) is 4.86. The Bertz CT molecular complexity index is 577. The van der Waals surface area contributed by atoms with Crippen molar-refractivity contribution in [1.29, 1.82) is 0 Å². The van der Waals surface area contributed by atoms with Gasteiger partial charge in [-0.25, -0.2) is 0 Å². The summed E-state index contributed by atoms with van der Waals surface area (Å²) in [6, 6.07) is 4.20. The summed E-state index contributed by atoms with van der Waals surface area (Å²) in [6.07, 6.45) is -4.36. The van der Waals surface area contributed by atoms with Crippen molar-refractivity contribution in [2.45, 2.75) is 31.6 Å². The maximum Gasteiger partial charge on any atom is 0.416 e. The lowest BCUT2D eigenvalue weighted by atomic mass is 10.0. The second-order valence-corrected chi connectivity index (χ2v) is 6.06. The van der Waals surface area contributed by atoms with E-state index in [1.165, 1.54) is 18.2 Å². The fraction of sp³-hybridized carbons (Fsp3) is 0.429. The molecular formula is C14H15F3N2O2S. The third kappa shape index (κ3) is 4.16. The van der Waals surface area contributed by atoms with Crippen molar-refractivity contribution in [3.05, 3.63) is 35.4 Å². The molecule has 2 atom stereocenters. The number of thioether (sulfide) groups is 1. The number of carbonyl (C=O) groups is 2. The highest BCUT2D eigenvalue weighted by Crippen LogP contribution is 2.32. The highest BCUT2D eigenvalue weighted by molar-refractivity contribution is 8.14. The molecule has 1 aromatic carbocycles. The van der Waals surface area contributed by atoms with E-state index in [0.717, 1.165) is 17.8 Å². The Morgan fingerprint density at radius 1 is 1.45 bits per heavy atom. The summed E-state index contributed by atoms with van der Waals surface area (Å²) in [5.41, 5.74) is -0.562. The van der Waals surface area contributed by atoms with Crippen LogP contribution in [0.3, 0.4) is 0 Å². The smallest absolute Gasteiger partial charge is 0.352 e. The number of benzene rings is 1. The summed E-state index contributed by atoms with van der Waals surface area (Å²) in [4.78, 5) is 22.9. The molecule has 1 saturated heterocycles. The number of carbonyl (C=O) groups excluding carboxylic acids is 2. The van der Waals surface area contributed by atoms with Crippen molar-refractivity contribution < 1.29 is 22.8 Å². The molecule has 0 radical (unpaired) electrons. The van der Waals surface area contributed by atoms with Gasteiger partial charge in [0, 0.05) is 11.8 Å². The lowest BCUT2D eigenvalue weighted by Gasteiger charge is -2.19. The minimum atomic E-state index is -4.42. The molecule has 120 valence electrons. The molecule has 8 heteroatoms. The van der Waals surface area contributed by atoms with Crippen molar-refractivity contribution in [3.63, 3.8) is 0 Å². The van der Waals surface area contributed by atoms with Gasteiger partial charge in [-0.15, -0.1) is 0 Å². The predicted molar refractivity (Wildman–Crippen MR) is 77.5 cm³/mol. The molecule has 2 amide bonds.